The Bertz CT molecular complexity index is 346. The Morgan fingerprint density at radius 1 is 1.50 bits per heavy atom. The summed E-state index contributed by atoms with van der Waals surface area (Å²) in [6.07, 6.45) is 0. The molecule has 4 nitrogen and oxygen atoms in total. The summed E-state index contributed by atoms with van der Waals surface area (Å²) in [5, 5.41) is 6.39. The molecular formula is C9H11NO3S. The molecule has 5 heteroatoms. The van der Waals surface area contributed by atoms with Crippen molar-refractivity contribution in [3.63, 3.8) is 0 Å². The zero-order chi connectivity index (χ0) is 10.6. The van der Waals surface area contributed by atoms with E-state index >= 15 is 0 Å². The summed E-state index contributed by atoms with van der Waals surface area (Å²) in [7, 11) is 1.18. The smallest absolute Gasteiger partial charge is 0.396 e. The molecule has 0 unspecified atom stereocenters. The summed E-state index contributed by atoms with van der Waals surface area (Å²) < 4.78 is 4.26. The number of methoxy groups -OCH3 is 1. The first-order chi connectivity index (χ1) is 6.65. The second-order valence-electron chi connectivity index (χ2n) is 2.75. The Morgan fingerprint density at radius 3 is 2.71 bits per heavy atom. The molecule has 0 saturated carbocycles. The molecule has 0 atom stereocenters. The Morgan fingerprint density at radius 2 is 2.21 bits per heavy atom. The predicted octanol–water partition coefficient (Wildman–Crippen LogP) is 0.846. The molecule has 14 heavy (non-hydrogen) atoms. The number of carbonyl (C=O) groups excluding carboxylic acids is 2. The lowest BCUT2D eigenvalue weighted by atomic mass is 10.2. The van der Waals surface area contributed by atoms with Crippen LogP contribution in [-0.2, 0) is 20.9 Å². The number of hydrogen-bond acceptors (Lipinski definition) is 4. The van der Waals surface area contributed by atoms with E-state index in [-0.39, 0.29) is 0 Å². The number of aryl methyl sites for hydroxylation is 1. The molecule has 0 aliphatic heterocycles. The third-order valence-electron chi connectivity index (χ3n) is 1.77. The highest BCUT2D eigenvalue weighted by Crippen LogP contribution is 2.12. The van der Waals surface area contributed by atoms with Crippen molar-refractivity contribution >= 4 is 23.2 Å². The summed E-state index contributed by atoms with van der Waals surface area (Å²) in [5.74, 6) is -1.57. The lowest BCUT2D eigenvalue weighted by Gasteiger charge is -2.02. The lowest BCUT2D eigenvalue weighted by Crippen LogP contribution is -2.31. The van der Waals surface area contributed by atoms with Gasteiger partial charge in [0.1, 0.15) is 0 Å². The average molecular weight is 213 g/mol. The van der Waals surface area contributed by atoms with Crippen molar-refractivity contribution in [3.05, 3.63) is 21.9 Å². The zero-order valence-corrected chi connectivity index (χ0v) is 8.81. The van der Waals surface area contributed by atoms with E-state index in [0.717, 1.165) is 11.1 Å². The van der Waals surface area contributed by atoms with Gasteiger partial charge in [0, 0.05) is 6.54 Å². The SMILES string of the molecule is COC(=O)C(=O)NCc1cscc1C. The molecule has 0 fully saturated rings. The van der Waals surface area contributed by atoms with Crippen molar-refractivity contribution < 1.29 is 14.3 Å². The molecule has 0 aliphatic rings. The van der Waals surface area contributed by atoms with Gasteiger partial charge in [-0.05, 0) is 28.8 Å². The van der Waals surface area contributed by atoms with Gasteiger partial charge in [0.15, 0.2) is 0 Å². The average Bonchev–Trinajstić information content (AvgIpc) is 2.59. The van der Waals surface area contributed by atoms with E-state index in [1.807, 2.05) is 17.7 Å². The van der Waals surface area contributed by atoms with E-state index in [9.17, 15) is 9.59 Å². The minimum absolute atomic E-state index is 0.364. The predicted molar refractivity (Wildman–Crippen MR) is 52.9 cm³/mol. The largest absolute Gasteiger partial charge is 0.462 e. The van der Waals surface area contributed by atoms with Gasteiger partial charge in [-0.3, -0.25) is 4.79 Å². The maximum atomic E-state index is 11.0. The van der Waals surface area contributed by atoms with Crippen molar-refractivity contribution in [2.75, 3.05) is 7.11 Å². The van der Waals surface area contributed by atoms with Crippen molar-refractivity contribution in [1.82, 2.24) is 5.32 Å². The standard InChI is InChI=1S/C9H11NO3S/c1-6-4-14-5-7(6)3-10-8(11)9(12)13-2/h4-5H,3H2,1-2H3,(H,10,11). The summed E-state index contributed by atoms with van der Waals surface area (Å²) >= 11 is 1.56. The Hall–Kier alpha value is -1.36. The van der Waals surface area contributed by atoms with Crippen LogP contribution in [0, 0.1) is 6.92 Å². The third-order valence-corrected chi connectivity index (χ3v) is 2.68. The van der Waals surface area contributed by atoms with Crippen LogP contribution in [0.15, 0.2) is 10.8 Å². The molecule has 0 saturated heterocycles. The maximum absolute atomic E-state index is 11.0. The van der Waals surface area contributed by atoms with Gasteiger partial charge in [-0.25, -0.2) is 4.79 Å². The number of esters is 1. The van der Waals surface area contributed by atoms with Crippen LogP contribution in [0.1, 0.15) is 11.1 Å². The fourth-order valence-corrected chi connectivity index (χ4v) is 1.77. The van der Waals surface area contributed by atoms with Crippen LogP contribution in [0.4, 0.5) is 0 Å². The number of thiophene rings is 1. The highest BCUT2D eigenvalue weighted by Gasteiger charge is 2.12. The minimum atomic E-state index is -0.863. The van der Waals surface area contributed by atoms with Crippen molar-refractivity contribution in [2.45, 2.75) is 13.5 Å². The van der Waals surface area contributed by atoms with Gasteiger partial charge in [-0.1, -0.05) is 0 Å². The molecule has 1 aromatic heterocycles. The molecule has 1 heterocycles. The minimum Gasteiger partial charge on any atom is -0.462 e. The molecule has 1 amide bonds. The van der Waals surface area contributed by atoms with Crippen LogP contribution in [0.2, 0.25) is 0 Å². The van der Waals surface area contributed by atoms with E-state index in [1.54, 1.807) is 11.3 Å². The van der Waals surface area contributed by atoms with Gasteiger partial charge in [-0.2, -0.15) is 11.3 Å². The first-order valence-corrected chi connectivity index (χ1v) is 4.97. The lowest BCUT2D eigenvalue weighted by molar-refractivity contribution is -0.152. The fourth-order valence-electron chi connectivity index (χ4n) is 0.908. The van der Waals surface area contributed by atoms with Gasteiger partial charge in [0.05, 0.1) is 7.11 Å². The highest BCUT2D eigenvalue weighted by atomic mass is 32.1. The summed E-state index contributed by atoms with van der Waals surface area (Å²) in [6.45, 7) is 2.32. The van der Waals surface area contributed by atoms with Crippen molar-refractivity contribution in [2.24, 2.45) is 0 Å². The van der Waals surface area contributed by atoms with Crippen LogP contribution < -0.4 is 5.32 Å². The second kappa shape index (κ2) is 4.76. The van der Waals surface area contributed by atoms with Gasteiger partial charge in [-0.15, -0.1) is 0 Å². The molecule has 76 valence electrons. The van der Waals surface area contributed by atoms with E-state index in [2.05, 4.69) is 10.1 Å². The Kier molecular flexibility index (Phi) is 3.64. The number of hydrogen-bond donors (Lipinski definition) is 1. The van der Waals surface area contributed by atoms with Crippen LogP contribution in [0.5, 0.6) is 0 Å². The molecule has 0 spiro atoms. The zero-order valence-electron chi connectivity index (χ0n) is 7.99. The molecule has 0 aliphatic carbocycles. The van der Waals surface area contributed by atoms with Crippen molar-refractivity contribution in [3.8, 4) is 0 Å². The quantitative estimate of drug-likeness (QED) is 0.585. The Balaban J connectivity index is 2.45. The normalized spacial score (nSPS) is 9.57. The number of rotatable bonds is 2. The van der Waals surface area contributed by atoms with Gasteiger partial charge >= 0.3 is 11.9 Å². The third kappa shape index (κ3) is 2.56. The van der Waals surface area contributed by atoms with Gasteiger partial charge in [0.25, 0.3) is 0 Å². The molecule has 0 radical (unpaired) electrons. The van der Waals surface area contributed by atoms with Crippen molar-refractivity contribution in [1.29, 1.82) is 0 Å². The van der Waals surface area contributed by atoms with Crippen LogP contribution in [0.3, 0.4) is 0 Å². The van der Waals surface area contributed by atoms with E-state index < -0.39 is 11.9 Å². The summed E-state index contributed by atoms with van der Waals surface area (Å²) in [4.78, 5) is 21.7. The molecular weight excluding hydrogens is 202 g/mol. The molecule has 0 bridgehead atoms. The monoisotopic (exact) mass is 213 g/mol. The number of ether oxygens (including phenoxy) is 1. The summed E-state index contributed by atoms with van der Waals surface area (Å²) in [6, 6.07) is 0. The molecule has 1 aromatic rings. The Labute approximate surface area is 85.9 Å². The van der Waals surface area contributed by atoms with Gasteiger partial charge in [0.2, 0.25) is 0 Å². The van der Waals surface area contributed by atoms with E-state index in [4.69, 9.17) is 0 Å². The first-order valence-electron chi connectivity index (χ1n) is 4.03. The highest BCUT2D eigenvalue weighted by molar-refractivity contribution is 7.08. The topological polar surface area (TPSA) is 55.4 Å². The number of nitrogens with one attached hydrogen (secondary N) is 1. The van der Waals surface area contributed by atoms with Crippen LogP contribution in [0.25, 0.3) is 0 Å². The first kappa shape index (κ1) is 10.7. The van der Waals surface area contributed by atoms with Crippen LogP contribution in [-0.4, -0.2) is 19.0 Å². The second-order valence-corrected chi connectivity index (χ2v) is 3.50. The summed E-state index contributed by atoms with van der Waals surface area (Å²) in [5.41, 5.74) is 2.13. The number of amides is 1. The van der Waals surface area contributed by atoms with Gasteiger partial charge < -0.3 is 10.1 Å². The van der Waals surface area contributed by atoms with Crippen LogP contribution >= 0.6 is 11.3 Å². The number of carbonyl (C=O) groups is 2. The molecule has 1 N–H and O–H groups in total. The molecule has 0 aromatic carbocycles. The maximum Gasteiger partial charge on any atom is 0.396 e. The van der Waals surface area contributed by atoms with E-state index in [1.165, 1.54) is 7.11 Å². The van der Waals surface area contributed by atoms with E-state index in [0.29, 0.717) is 6.54 Å². The fraction of sp³-hybridized carbons (Fsp3) is 0.333. The molecule has 1 rings (SSSR count).